The molecular formula is C11H12F2O4S2. The van der Waals surface area contributed by atoms with Gasteiger partial charge in [0.2, 0.25) is 9.84 Å². The zero-order valence-corrected chi connectivity index (χ0v) is 11.5. The molecule has 0 saturated heterocycles. The Balaban J connectivity index is 2.75. The molecule has 0 aliphatic heterocycles. The van der Waals surface area contributed by atoms with E-state index in [1.165, 1.54) is 23.9 Å². The van der Waals surface area contributed by atoms with Gasteiger partial charge in [-0.2, -0.15) is 8.78 Å². The molecule has 0 heterocycles. The Kier molecular flexibility index (Phi) is 5.30. The van der Waals surface area contributed by atoms with E-state index >= 15 is 0 Å². The first-order chi connectivity index (χ1) is 8.75. The molecule has 4 nitrogen and oxygen atoms in total. The summed E-state index contributed by atoms with van der Waals surface area (Å²) in [7, 11) is -4.58. The molecule has 0 radical (unpaired) electrons. The predicted molar refractivity (Wildman–Crippen MR) is 67.2 cm³/mol. The summed E-state index contributed by atoms with van der Waals surface area (Å²) in [6.45, 7) is 1.55. The molecule has 1 aromatic rings. The van der Waals surface area contributed by atoms with Crippen molar-refractivity contribution in [2.75, 3.05) is 5.75 Å². The van der Waals surface area contributed by atoms with E-state index in [9.17, 15) is 22.0 Å². The van der Waals surface area contributed by atoms with Crippen LogP contribution in [0.25, 0.3) is 0 Å². The molecule has 0 aliphatic rings. The van der Waals surface area contributed by atoms with Crippen LogP contribution in [-0.4, -0.2) is 31.0 Å². The van der Waals surface area contributed by atoms with E-state index in [0.29, 0.717) is 10.6 Å². The number of sulfone groups is 1. The van der Waals surface area contributed by atoms with Gasteiger partial charge in [0.05, 0.1) is 10.8 Å². The summed E-state index contributed by atoms with van der Waals surface area (Å²) in [4.78, 5) is 10.8. The van der Waals surface area contributed by atoms with Crippen molar-refractivity contribution in [3.8, 4) is 0 Å². The lowest BCUT2D eigenvalue weighted by Gasteiger charge is -2.07. The molecule has 106 valence electrons. The number of hydrogen-bond acceptors (Lipinski definition) is 4. The van der Waals surface area contributed by atoms with Gasteiger partial charge in [-0.15, -0.1) is 11.8 Å². The smallest absolute Gasteiger partial charge is 0.341 e. The second kappa shape index (κ2) is 6.33. The highest BCUT2D eigenvalue weighted by atomic mass is 32.2. The summed E-state index contributed by atoms with van der Waals surface area (Å²) in [5, 5.41) is 8.70. The van der Waals surface area contributed by atoms with Crippen molar-refractivity contribution in [3.63, 3.8) is 0 Å². The van der Waals surface area contributed by atoms with Crippen LogP contribution >= 0.6 is 11.8 Å². The molecule has 1 aromatic carbocycles. The SMILES string of the molecule is CC(CSc1ccc(S(=O)(=O)C(F)F)cc1)C(=O)O. The number of carboxylic acid groups (broad SMARTS) is 1. The molecular weight excluding hydrogens is 298 g/mol. The summed E-state index contributed by atoms with van der Waals surface area (Å²) in [5.74, 6) is -4.60. The van der Waals surface area contributed by atoms with E-state index in [0.717, 1.165) is 12.1 Å². The fourth-order valence-corrected chi connectivity index (χ4v) is 2.76. The molecule has 0 saturated carbocycles. The molecule has 1 N–H and O–H groups in total. The number of hydrogen-bond donors (Lipinski definition) is 1. The van der Waals surface area contributed by atoms with E-state index < -0.39 is 32.4 Å². The van der Waals surface area contributed by atoms with Gasteiger partial charge in [0.1, 0.15) is 0 Å². The van der Waals surface area contributed by atoms with Crippen molar-refractivity contribution in [3.05, 3.63) is 24.3 Å². The Bertz CT molecular complexity index is 540. The fourth-order valence-electron chi connectivity index (χ4n) is 1.12. The van der Waals surface area contributed by atoms with Crippen LogP contribution in [0.1, 0.15) is 6.92 Å². The second-order valence-corrected chi connectivity index (χ2v) is 6.84. The van der Waals surface area contributed by atoms with Gasteiger partial charge in [0, 0.05) is 10.6 Å². The van der Waals surface area contributed by atoms with E-state index in [4.69, 9.17) is 5.11 Å². The molecule has 0 spiro atoms. The minimum atomic E-state index is -4.58. The van der Waals surface area contributed by atoms with E-state index in [1.54, 1.807) is 6.92 Å². The molecule has 1 rings (SSSR count). The van der Waals surface area contributed by atoms with Gasteiger partial charge in [0.25, 0.3) is 0 Å². The largest absolute Gasteiger partial charge is 0.481 e. The van der Waals surface area contributed by atoms with Crippen molar-refractivity contribution >= 4 is 27.6 Å². The molecule has 0 aromatic heterocycles. The third-order valence-corrected chi connectivity index (χ3v) is 4.98. The maximum absolute atomic E-state index is 12.3. The van der Waals surface area contributed by atoms with Crippen molar-refractivity contribution in [1.82, 2.24) is 0 Å². The average molecular weight is 310 g/mol. The number of aliphatic carboxylic acids is 1. The van der Waals surface area contributed by atoms with Crippen LogP contribution in [0.5, 0.6) is 0 Å². The van der Waals surface area contributed by atoms with Gasteiger partial charge in [-0.3, -0.25) is 4.79 Å². The van der Waals surface area contributed by atoms with Crippen LogP contribution in [0.3, 0.4) is 0 Å². The monoisotopic (exact) mass is 310 g/mol. The first-order valence-electron chi connectivity index (χ1n) is 5.23. The van der Waals surface area contributed by atoms with Crippen LogP contribution in [0.15, 0.2) is 34.1 Å². The Labute approximate surface area is 113 Å². The van der Waals surface area contributed by atoms with E-state index in [-0.39, 0.29) is 0 Å². The summed E-state index contributed by atoms with van der Waals surface area (Å²) < 4.78 is 46.9. The topological polar surface area (TPSA) is 71.4 Å². The number of benzene rings is 1. The lowest BCUT2D eigenvalue weighted by atomic mass is 10.2. The summed E-state index contributed by atoms with van der Waals surface area (Å²) in [6.07, 6.45) is 0. The maximum atomic E-state index is 12.3. The Morgan fingerprint density at radius 3 is 2.26 bits per heavy atom. The third-order valence-electron chi connectivity index (χ3n) is 2.31. The highest BCUT2D eigenvalue weighted by molar-refractivity contribution is 7.99. The molecule has 8 heteroatoms. The molecule has 1 unspecified atom stereocenters. The van der Waals surface area contributed by atoms with Crippen LogP contribution in [-0.2, 0) is 14.6 Å². The second-order valence-electron chi connectivity index (χ2n) is 3.83. The van der Waals surface area contributed by atoms with Crippen molar-refractivity contribution < 1.29 is 27.1 Å². The molecule has 1 atom stereocenters. The molecule has 0 fully saturated rings. The number of thioether (sulfide) groups is 1. The molecule has 0 bridgehead atoms. The standard InChI is InChI=1S/C11H12F2O4S2/c1-7(10(14)15)6-18-8-2-4-9(5-3-8)19(16,17)11(12)13/h2-5,7,11H,6H2,1H3,(H,14,15). The summed E-state index contributed by atoms with van der Waals surface area (Å²) in [6, 6.07) is 4.95. The van der Waals surface area contributed by atoms with Gasteiger partial charge in [-0.1, -0.05) is 6.92 Å². The average Bonchev–Trinajstić information content (AvgIpc) is 2.36. The first kappa shape index (κ1) is 15.9. The van der Waals surface area contributed by atoms with Crippen LogP contribution in [0, 0.1) is 5.92 Å². The van der Waals surface area contributed by atoms with Gasteiger partial charge in [-0.25, -0.2) is 8.42 Å². The number of carbonyl (C=O) groups is 1. The van der Waals surface area contributed by atoms with Crippen LogP contribution in [0.4, 0.5) is 8.78 Å². The predicted octanol–water partition coefficient (Wildman–Crippen LogP) is 2.50. The normalized spacial score (nSPS) is 13.5. The number of carboxylic acids is 1. The number of rotatable bonds is 6. The molecule has 0 amide bonds. The molecule has 0 aliphatic carbocycles. The summed E-state index contributed by atoms with van der Waals surface area (Å²) >= 11 is 1.22. The van der Waals surface area contributed by atoms with Crippen molar-refractivity contribution in [2.24, 2.45) is 5.92 Å². The minimum Gasteiger partial charge on any atom is -0.481 e. The third kappa shape index (κ3) is 4.17. The van der Waals surface area contributed by atoms with E-state index in [2.05, 4.69) is 0 Å². The van der Waals surface area contributed by atoms with Gasteiger partial charge >= 0.3 is 11.7 Å². The Morgan fingerprint density at radius 2 is 1.84 bits per heavy atom. The molecule has 19 heavy (non-hydrogen) atoms. The quantitative estimate of drug-likeness (QED) is 0.817. The fraction of sp³-hybridized carbons (Fsp3) is 0.364. The zero-order valence-electron chi connectivity index (χ0n) is 9.92. The van der Waals surface area contributed by atoms with E-state index in [1.807, 2.05) is 0 Å². The Hall–Kier alpha value is -1.15. The lowest BCUT2D eigenvalue weighted by Crippen LogP contribution is -2.12. The van der Waals surface area contributed by atoms with Gasteiger partial charge < -0.3 is 5.11 Å². The van der Waals surface area contributed by atoms with Crippen molar-refractivity contribution in [1.29, 1.82) is 0 Å². The number of halogens is 2. The zero-order chi connectivity index (χ0) is 14.6. The minimum absolute atomic E-state index is 0.316. The lowest BCUT2D eigenvalue weighted by molar-refractivity contribution is -0.140. The van der Waals surface area contributed by atoms with Gasteiger partial charge in [0.15, 0.2) is 0 Å². The number of alkyl halides is 2. The highest BCUT2D eigenvalue weighted by Gasteiger charge is 2.26. The first-order valence-corrected chi connectivity index (χ1v) is 7.76. The van der Waals surface area contributed by atoms with Crippen LogP contribution in [0.2, 0.25) is 0 Å². The summed E-state index contributed by atoms with van der Waals surface area (Å²) in [5.41, 5.74) is 0. The highest BCUT2D eigenvalue weighted by Crippen LogP contribution is 2.24. The Morgan fingerprint density at radius 1 is 1.32 bits per heavy atom. The van der Waals surface area contributed by atoms with Crippen LogP contribution < -0.4 is 0 Å². The van der Waals surface area contributed by atoms with Gasteiger partial charge in [-0.05, 0) is 24.3 Å². The maximum Gasteiger partial charge on any atom is 0.341 e. The van der Waals surface area contributed by atoms with Crippen molar-refractivity contribution in [2.45, 2.75) is 22.5 Å².